The fourth-order valence-corrected chi connectivity index (χ4v) is 4.05. The van der Waals surface area contributed by atoms with Gasteiger partial charge >= 0.3 is 0 Å². The lowest BCUT2D eigenvalue weighted by molar-refractivity contribution is -0.123. The van der Waals surface area contributed by atoms with Gasteiger partial charge in [-0.1, -0.05) is 54.7 Å². The van der Waals surface area contributed by atoms with Crippen molar-refractivity contribution in [1.29, 1.82) is 0 Å². The number of thioether (sulfide) groups is 1. The Morgan fingerprint density at radius 3 is 2.68 bits per heavy atom. The van der Waals surface area contributed by atoms with E-state index in [4.69, 9.17) is 12.2 Å². The molecule has 116 valence electrons. The second-order valence-corrected chi connectivity index (χ2v) is 7.46. The van der Waals surface area contributed by atoms with Crippen LogP contribution in [0.2, 0.25) is 0 Å². The highest BCUT2D eigenvalue weighted by Crippen LogP contribution is 2.33. The first-order chi connectivity index (χ1) is 10.6. The van der Waals surface area contributed by atoms with Crippen LogP contribution in [0.25, 0.3) is 6.08 Å². The van der Waals surface area contributed by atoms with E-state index in [0.29, 0.717) is 11.0 Å². The highest BCUT2D eigenvalue weighted by Gasteiger charge is 2.33. The normalized spacial score (nSPS) is 21.9. The Bertz CT molecular complexity index is 621. The van der Waals surface area contributed by atoms with E-state index in [1.807, 2.05) is 24.3 Å². The minimum absolute atomic E-state index is 0.0452. The SMILES string of the molecule is Cc1ccccc1/C=C1\SC(=S)N(CN2CCCCC2)C1=O. The summed E-state index contributed by atoms with van der Waals surface area (Å²) in [5.41, 5.74) is 2.25. The second-order valence-electron chi connectivity index (χ2n) is 5.79. The Hall–Kier alpha value is -1.17. The van der Waals surface area contributed by atoms with Crippen molar-refractivity contribution in [3.8, 4) is 0 Å². The molecular formula is C17H20N2OS2. The number of aryl methyl sites for hydroxylation is 1. The van der Waals surface area contributed by atoms with E-state index in [-0.39, 0.29) is 5.91 Å². The second kappa shape index (κ2) is 6.94. The van der Waals surface area contributed by atoms with E-state index in [2.05, 4.69) is 17.9 Å². The zero-order valence-electron chi connectivity index (χ0n) is 12.7. The number of likely N-dealkylation sites (tertiary alicyclic amines) is 1. The van der Waals surface area contributed by atoms with E-state index < -0.39 is 0 Å². The summed E-state index contributed by atoms with van der Waals surface area (Å²) in [7, 11) is 0. The molecule has 2 aliphatic heterocycles. The molecule has 2 heterocycles. The van der Waals surface area contributed by atoms with Gasteiger partial charge in [0.2, 0.25) is 0 Å². The average Bonchev–Trinajstić information content (AvgIpc) is 2.78. The lowest BCUT2D eigenvalue weighted by Gasteiger charge is -2.29. The van der Waals surface area contributed by atoms with Crippen LogP contribution >= 0.6 is 24.0 Å². The number of amides is 1. The van der Waals surface area contributed by atoms with Gasteiger partial charge in [0.25, 0.3) is 5.91 Å². The molecule has 2 fully saturated rings. The number of nitrogens with zero attached hydrogens (tertiary/aromatic N) is 2. The number of thiocarbonyl (C=S) groups is 1. The molecule has 0 saturated carbocycles. The van der Waals surface area contributed by atoms with Crippen molar-refractivity contribution in [3.05, 3.63) is 40.3 Å². The Morgan fingerprint density at radius 1 is 1.23 bits per heavy atom. The first-order valence-corrected chi connectivity index (χ1v) is 8.91. The predicted octanol–water partition coefficient (Wildman–Crippen LogP) is 3.64. The number of benzene rings is 1. The topological polar surface area (TPSA) is 23.6 Å². The van der Waals surface area contributed by atoms with Crippen LogP contribution in [0.15, 0.2) is 29.2 Å². The Kier molecular flexibility index (Phi) is 4.96. The van der Waals surface area contributed by atoms with Crippen molar-refractivity contribution in [2.75, 3.05) is 19.8 Å². The summed E-state index contributed by atoms with van der Waals surface area (Å²) < 4.78 is 0.676. The molecule has 0 aromatic heterocycles. The zero-order chi connectivity index (χ0) is 15.5. The monoisotopic (exact) mass is 332 g/mol. The Labute approximate surface area is 141 Å². The molecule has 0 aliphatic carbocycles. The molecule has 0 bridgehead atoms. The molecule has 0 N–H and O–H groups in total. The molecule has 3 nitrogen and oxygen atoms in total. The molecule has 2 saturated heterocycles. The standard InChI is InChI=1S/C17H20N2OS2/c1-13-7-3-4-8-14(13)11-15-16(20)19(17(21)22-15)12-18-9-5-2-6-10-18/h3-4,7-8,11H,2,5-6,9-10,12H2,1H3/b15-11-. The van der Waals surface area contributed by atoms with E-state index >= 15 is 0 Å². The van der Waals surface area contributed by atoms with Crippen LogP contribution in [0.1, 0.15) is 30.4 Å². The maximum absolute atomic E-state index is 12.6. The van der Waals surface area contributed by atoms with Gasteiger partial charge in [0.15, 0.2) is 0 Å². The minimum Gasteiger partial charge on any atom is -0.286 e. The number of carbonyl (C=O) groups is 1. The number of hydrogen-bond donors (Lipinski definition) is 0. The number of hydrogen-bond acceptors (Lipinski definition) is 4. The van der Waals surface area contributed by atoms with E-state index in [0.717, 1.165) is 23.6 Å². The Morgan fingerprint density at radius 2 is 1.95 bits per heavy atom. The maximum atomic E-state index is 12.6. The van der Waals surface area contributed by atoms with Crippen molar-refractivity contribution in [2.45, 2.75) is 26.2 Å². The largest absolute Gasteiger partial charge is 0.286 e. The third kappa shape index (κ3) is 3.42. The average molecular weight is 332 g/mol. The van der Waals surface area contributed by atoms with Crippen molar-refractivity contribution in [3.63, 3.8) is 0 Å². The van der Waals surface area contributed by atoms with Gasteiger partial charge in [-0.05, 0) is 50.1 Å². The number of carbonyl (C=O) groups excluding carboxylic acids is 1. The van der Waals surface area contributed by atoms with E-state index in [9.17, 15) is 4.79 Å². The third-order valence-corrected chi connectivity index (χ3v) is 5.52. The van der Waals surface area contributed by atoms with E-state index in [1.165, 1.54) is 36.6 Å². The highest BCUT2D eigenvalue weighted by atomic mass is 32.2. The number of rotatable bonds is 3. The molecule has 22 heavy (non-hydrogen) atoms. The highest BCUT2D eigenvalue weighted by molar-refractivity contribution is 8.26. The van der Waals surface area contributed by atoms with Crippen LogP contribution < -0.4 is 0 Å². The minimum atomic E-state index is 0.0452. The van der Waals surface area contributed by atoms with Crippen molar-refractivity contribution >= 4 is 40.3 Å². The third-order valence-electron chi connectivity index (χ3n) is 4.14. The van der Waals surface area contributed by atoms with Gasteiger partial charge in [-0.15, -0.1) is 0 Å². The van der Waals surface area contributed by atoms with Gasteiger partial charge in [0.05, 0.1) is 11.6 Å². The van der Waals surface area contributed by atoms with Gasteiger partial charge in [0.1, 0.15) is 4.32 Å². The van der Waals surface area contributed by atoms with Crippen molar-refractivity contribution in [1.82, 2.24) is 9.80 Å². The zero-order valence-corrected chi connectivity index (χ0v) is 14.4. The first-order valence-electron chi connectivity index (χ1n) is 7.68. The van der Waals surface area contributed by atoms with Gasteiger partial charge in [-0.2, -0.15) is 0 Å². The summed E-state index contributed by atoms with van der Waals surface area (Å²) in [6, 6.07) is 8.09. The maximum Gasteiger partial charge on any atom is 0.267 e. The molecule has 2 aliphatic rings. The smallest absolute Gasteiger partial charge is 0.267 e. The van der Waals surface area contributed by atoms with Crippen LogP contribution in [0.4, 0.5) is 0 Å². The summed E-state index contributed by atoms with van der Waals surface area (Å²) in [5, 5.41) is 0. The molecule has 1 aromatic rings. The number of piperidine rings is 1. The van der Waals surface area contributed by atoms with Gasteiger partial charge in [-0.25, -0.2) is 0 Å². The van der Waals surface area contributed by atoms with Crippen LogP contribution in [0.5, 0.6) is 0 Å². The van der Waals surface area contributed by atoms with Gasteiger partial charge in [0, 0.05) is 0 Å². The molecule has 1 aromatic carbocycles. The molecule has 3 rings (SSSR count). The summed E-state index contributed by atoms with van der Waals surface area (Å²) in [6.45, 7) is 4.82. The molecule has 5 heteroatoms. The molecule has 0 radical (unpaired) electrons. The quantitative estimate of drug-likeness (QED) is 0.623. The molecule has 0 atom stereocenters. The Balaban J connectivity index is 1.75. The van der Waals surface area contributed by atoms with Crippen LogP contribution in [-0.2, 0) is 4.79 Å². The summed E-state index contributed by atoms with van der Waals surface area (Å²) in [5.74, 6) is 0.0452. The van der Waals surface area contributed by atoms with Crippen LogP contribution in [0, 0.1) is 6.92 Å². The van der Waals surface area contributed by atoms with Gasteiger partial charge in [-0.3, -0.25) is 14.6 Å². The summed E-state index contributed by atoms with van der Waals surface area (Å²) in [6.07, 6.45) is 5.69. The van der Waals surface area contributed by atoms with Crippen LogP contribution in [0.3, 0.4) is 0 Å². The predicted molar refractivity (Wildman–Crippen MR) is 96.5 cm³/mol. The molecule has 1 amide bonds. The van der Waals surface area contributed by atoms with E-state index in [1.54, 1.807) is 4.90 Å². The van der Waals surface area contributed by atoms with Crippen LogP contribution in [-0.4, -0.2) is 39.8 Å². The van der Waals surface area contributed by atoms with Gasteiger partial charge < -0.3 is 0 Å². The fraction of sp³-hybridized carbons (Fsp3) is 0.412. The first kappa shape index (κ1) is 15.7. The fourth-order valence-electron chi connectivity index (χ4n) is 2.81. The summed E-state index contributed by atoms with van der Waals surface area (Å²) in [4.78, 5) is 17.4. The lowest BCUT2D eigenvalue weighted by atomic mass is 10.1. The van der Waals surface area contributed by atoms with Crippen molar-refractivity contribution < 1.29 is 4.79 Å². The lowest BCUT2D eigenvalue weighted by Crippen LogP contribution is -2.42. The molecule has 0 unspecified atom stereocenters. The summed E-state index contributed by atoms with van der Waals surface area (Å²) >= 11 is 6.83. The van der Waals surface area contributed by atoms with Crippen molar-refractivity contribution in [2.24, 2.45) is 0 Å². The molecular weight excluding hydrogens is 312 g/mol. The molecule has 0 spiro atoms.